The Bertz CT molecular complexity index is 1450. The van der Waals surface area contributed by atoms with Crippen molar-refractivity contribution in [2.75, 3.05) is 38.1 Å². The molecule has 2 bridgehead atoms. The fraction of sp³-hybridized carbons (Fsp3) is 0.517. The Morgan fingerprint density at radius 1 is 1.03 bits per heavy atom. The molecule has 4 aromatic heterocycles. The number of nitrogens with one attached hydrogen (secondary N) is 1. The number of piperazine rings is 1. The number of halogens is 1. The molecule has 0 aromatic carbocycles. The monoisotopic (exact) mass is 515 g/mol. The lowest BCUT2D eigenvalue weighted by Crippen LogP contribution is -2.44. The highest BCUT2D eigenvalue weighted by Crippen LogP contribution is 2.49. The Morgan fingerprint density at radius 3 is 2.61 bits per heavy atom. The summed E-state index contributed by atoms with van der Waals surface area (Å²) in [7, 11) is 2.15. The number of furan rings is 1. The Balaban J connectivity index is 1.27. The number of H-pyrrole nitrogens is 1. The summed E-state index contributed by atoms with van der Waals surface area (Å²) < 4.78 is 20.5. The van der Waals surface area contributed by atoms with Crippen LogP contribution >= 0.6 is 0 Å². The van der Waals surface area contributed by atoms with E-state index in [1.54, 1.807) is 0 Å². The van der Waals surface area contributed by atoms with Gasteiger partial charge in [-0.05, 0) is 81.0 Å². The van der Waals surface area contributed by atoms with Crippen LogP contribution < -0.4 is 4.90 Å². The van der Waals surface area contributed by atoms with Crippen LogP contribution in [-0.4, -0.2) is 63.3 Å². The van der Waals surface area contributed by atoms with E-state index in [0.717, 1.165) is 67.5 Å². The van der Waals surface area contributed by atoms with Crippen LogP contribution in [0.25, 0.3) is 34.0 Å². The van der Waals surface area contributed by atoms with Crippen molar-refractivity contribution in [3.8, 4) is 23.0 Å². The van der Waals surface area contributed by atoms with Crippen LogP contribution in [0.3, 0.4) is 0 Å². The van der Waals surface area contributed by atoms with E-state index in [1.165, 1.54) is 37.9 Å². The van der Waals surface area contributed by atoms with E-state index in [0.29, 0.717) is 34.4 Å². The highest BCUT2D eigenvalue weighted by atomic mass is 19.1. The van der Waals surface area contributed by atoms with E-state index in [2.05, 4.69) is 45.0 Å². The van der Waals surface area contributed by atoms with Crippen molar-refractivity contribution in [3.63, 3.8) is 0 Å². The van der Waals surface area contributed by atoms with Gasteiger partial charge in [0.2, 0.25) is 0 Å². The van der Waals surface area contributed by atoms with E-state index in [1.807, 2.05) is 12.1 Å². The molecule has 1 saturated heterocycles. The minimum absolute atomic E-state index is 0.411. The summed E-state index contributed by atoms with van der Waals surface area (Å²) in [4.78, 5) is 18.6. The molecule has 1 N–H and O–H groups in total. The number of pyridine rings is 1. The first-order chi connectivity index (χ1) is 18.5. The van der Waals surface area contributed by atoms with Gasteiger partial charge in [0.25, 0.3) is 0 Å². The van der Waals surface area contributed by atoms with E-state index in [4.69, 9.17) is 14.4 Å². The highest BCUT2D eigenvalue weighted by Gasteiger charge is 2.41. The lowest BCUT2D eigenvalue weighted by Gasteiger charge is -2.47. The molecule has 5 heterocycles. The molecule has 38 heavy (non-hydrogen) atoms. The maximum absolute atomic E-state index is 14.1. The molecule has 198 valence electrons. The van der Waals surface area contributed by atoms with Crippen molar-refractivity contribution in [1.29, 1.82) is 0 Å². The number of fused-ring (bicyclic) bond motifs is 4. The van der Waals surface area contributed by atoms with E-state index in [-0.39, 0.29) is 0 Å². The van der Waals surface area contributed by atoms with Gasteiger partial charge in [-0.2, -0.15) is 5.10 Å². The van der Waals surface area contributed by atoms with Gasteiger partial charge in [-0.25, -0.2) is 19.3 Å². The smallest absolute Gasteiger partial charge is 0.196 e. The zero-order valence-electron chi connectivity index (χ0n) is 22.0. The van der Waals surface area contributed by atoms with Gasteiger partial charge >= 0.3 is 0 Å². The van der Waals surface area contributed by atoms with Crippen molar-refractivity contribution < 1.29 is 8.81 Å². The Morgan fingerprint density at radius 2 is 1.82 bits per heavy atom. The minimum atomic E-state index is -0.411. The molecule has 8 rings (SSSR count). The minimum Gasteiger partial charge on any atom is -0.439 e. The number of aromatic amines is 1. The molecule has 2 unspecified atom stereocenters. The summed E-state index contributed by atoms with van der Waals surface area (Å²) in [5.74, 6) is 4.57. The van der Waals surface area contributed by atoms with Crippen molar-refractivity contribution in [3.05, 3.63) is 42.0 Å². The second-order valence-electron chi connectivity index (χ2n) is 11.5. The number of nitrogens with zero attached hydrogens (tertiary/aromatic N) is 6. The first-order valence-corrected chi connectivity index (χ1v) is 13.9. The predicted molar refractivity (Wildman–Crippen MR) is 144 cm³/mol. The molecule has 4 fully saturated rings. The van der Waals surface area contributed by atoms with E-state index < -0.39 is 5.82 Å². The number of hydrogen-bond donors (Lipinski definition) is 1. The molecule has 3 saturated carbocycles. The van der Waals surface area contributed by atoms with Crippen LogP contribution in [0, 0.1) is 29.5 Å². The molecular formula is C29H34FN7O. The van der Waals surface area contributed by atoms with Gasteiger partial charge in [-0.3, -0.25) is 5.10 Å². The lowest BCUT2D eigenvalue weighted by molar-refractivity contribution is 0.0339. The van der Waals surface area contributed by atoms with Gasteiger partial charge < -0.3 is 14.2 Å². The summed E-state index contributed by atoms with van der Waals surface area (Å²) in [5, 5.41) is 7.88. The van der Waals surface area contributed by atoms with E-state index >= 15 is 0 Å². The van der Waals surface area contributed by atoms with Gasteiger partial charge in [-0.15, -0.1) is 0 Å². The van der Waals surface area contributed by atoms with Gasteiger partial charge in [0.05, 0.1) is 11.6 Å². The predicted octanol–water partition coefficient (Wildman–Crippen LogP) is 5.18. The molecule has 0 spiro atoms. The molecule has 1 aliphatic heterocycles. The molecule has 4 aliphatic rings. The topological polar surface area (TPSA) is 87.0 Å². The summed E-state index contributed by atoms with van der Waals surface area (Å²) in [6, 6.07) is 7.57. The van der Waals surface area contributed by atoms with Crippen molar-refractivity contribution in [2.24, 2.45) is 23.7 Å². The largest absolute Gasteiger partial charge is 0.439 e. The Hall–Kier alpha value is -3.33. The van der Waals surface area contributed by atoms with Crippen LogP contribution in [0.4, 0.5) is 10.3 Å². The second kappa shape index (κ2) is 9.45. The van der Waals surface area contributed by atoms with Crippen molar-refractivity contribution in [1.82, 2.24) is 30.0 Å². The average Bonchev–Trinajstić information content (AvgIpc) is 3.59. The SMILES string of the molecule is CC1C2CCC(CC2)C1Cc1cc(-c2ccc(N3CCN(C)CC3)o2)nc(-c2[nH]nc3ncc(F)cc23)n1. The van der Waals surface area contributed by atoms with E-state index in [9.17, 15) is 4.39 Å². The third-order valence-corrected chi connectivity index (χ3v) is 9.32. The summed E-state index contributed by atoms with van der Waals surface area (Å²) in [6.45, 7) is 6.32. The number of likely N-dealkylation sites (N-methyl/N-ethyl adjacent to an activating group) is 1. The molecule has 0 radical (unpaired) electrons. The maximum atomic E-state index is 14.1. The summed E-state index contributed by atoms with van der Waals surface area (Å²) in [6.07, 6.45) is 7.47. The zero-order chi connectivity index (χ0) is 25.8. The molecule has 0 amide bonds. The molecule has 9 heteroatoms. The molecule has 8 nitrogen and oxygen atoms in total. The van der Waals surface area contributed by atoms with Crippen LogP contribution in [0.2, 0.25) is 0 Å². The highest BCUT2D eigenvalue weighted by molar-refractivity contribution is 5.88. The van der Waals surface area contributed by atoms with Crippen LogP contribution in [0.15, 0.2) is 34.9 Å². The van der Waals surface area contributed by atoms with Crippen molar-refractivity contribution in [2.45, 2.75) is 39.0 Å². The van der Waals surface area contributed by atoms with Gasteiger partial charge in [0.1, 0.15) is 17.2 Å². The molecule has 3 aliphatic carbocycles. The van der Waals surface area contributed by atoms with Gasteiger partial charge in [0, 0.05) is 37.9 Å². The molecular weight excluding hydrogens is 481 g/mol. The summed E-state index contributed by atoms with van der Waals surface area (Å²) >= 11 is 0. The molecule has 2 atom stereocenters. The first kappa shape index (κ1) is 23.8. The van der Waals surface area contributed by atoms with Crippen LogP contribution in [-0.2, 0) is 6.42 Å². The van der Waals surface area contributed by atoms with Gasteiger partial charge in [0.15, 0.2) is 23.1 Å². The fourth-order valence-electron chi connectivity index (χ4n) is 7.02. The maximum Gasteiger partial charge on any atom is 0.196 e. The summed E-state index contributed by atoms with van der Waals surface area (Å²) in [5.41, 5.74) is 2.77. The molecule has 4 aromatic rings. The number of rotatable bonds is 5. The fourth-order valence-corrected chi connectivity index (χ4v) is 7.02. The third-order valence-electron chi connectivity index (χ3n) is 9.32. The van der Waals surface area contributed by atoms with Crippen LogP contribution in [0.5, 0.6) is 0 Å². The van der Waals surface area contributed by atoms with Crippen LogP contribution in [0.1, 0.15) is 38.3 Å². The first-order valence-electron chi connectivity index (χ1n) is 13.9. The third kappa shape index (κ3) is 4.26. The number of aromatic nitrogens is 5. The standard InChI is InChI=1S/C29H34FN7O/c1-17-18-3-5-19(6-4-18)22(17)14-21-15-24(25-7-8-26(38-25)37-11-9-36(2)10-12-37)33-29(32-21)27-23-13-20(30)16-31-28(23)35-34-27/h7-8,13,15-19,22H,3-6,9-12,14H2,1-2H3,(H,31,34,35). The number of hydrogen-bond acceptors (Lipinski definition) is 7. The van der Waals surface area contributed by atoms with Crippen molar-refractivity contribution >= 4 is 16.9 Å². The average molecular weight is 516 g/mol. The number of anilines is 1. The van der Waals surface area contributed by atoms with Gasteiger partial charge in [-0.1, -0.05) is 6.92 Å². The quantitative estimate of drug-likeness (QED) is 0.392. The second-order valence-corrected chi connectivity index (χ2v) is 11.5. The zero-order valence-corrected chi connectivity index (χ0v) is 22.0. The lowest BCUT2D eigenvalue weighted by atomic mass is 9.58. The Labute approximate surface area is 221 Å². The Kier molecular flexibility index (Phi) is 5.91. The normalized spacial score (nSPS) is 25.9.